The summed E-state index contributed by atoms with van der Waals surface area (Å²) in [7, 11) is 1.51. The van der Waals surface area contributed by atoms with Crippen LogP contribution >= 0.6 is 0 Å². The van der Waals surface area contributed by atoms with Crippen molar-refractivity contribution in [3.63, 3.8) is 0 Å². The second-order valence-electron chi connectivity index (χ2n) is 3.86. The summed E-state index contributed by atoms with van der Waals surface area (Å²) in [5.74, 6) is 0.437. The second-order valence-corrected chi connectivity index (χ2v) is 3.86. The fraction of sp³-hybridized carbons (Fsp3) is 0.417. The van der Waals surface area contributed by atoms with E-state index < -0.39 is 0 Å². The van der Waals surface area contributed by atoms with E-state index in [1.54, 1.807) is 12.1 Å². The highest BCUT2D eigenvalue weighted by atomic mass is 16.5. The molecular weight excluding hydrogens is 208 g/mol. The van der Waals surface area contributed by atoms with Gasteiger partial charge in [-0.1, -0.05) is 6.07 Å². The number of phenols is 1. The molecule has 1 aliphatic rings. The first kappa shape index (κ1) is 10.8. The van der Waals surface area contributed by atoms with Gasteiger partial charge in [-0.3, -0.25) is 4.79 Å². The Hall–Kier alpha value is -1.71. The molecule has 1 unspecified atom stereocenters. The number of carbonyl (C=O) groups excluding carboxylic acids is 1. The van der Waals surface area contributed by atoms with Crippen LogP contribution in [0.25, 0.3) is 0 Å². The lowest BCUT2D eigenvalue weighted by Crippen LogP contribution is -2.10. The molecule has 1 aromatic carbocycles. The zero-order valence-corrected chi connectivity index (χ0v) is 9.10. The summed E-state index contributed by atoms with van der Waals surface area (Å²) in [6.45, 7) is 0. The third-order valence-electron chi connectivity index (χ3n) is 2.68. The number of ether oxygens (including phenoxy) is 2. The van der Waals surface area contributed by atoms with Crippen molar-refractivity contribution in [1.29, 1.82) is 0 Å². The number of hydrogen-bond donors (Lipinski definition) is 1. The summed E-state index contributed by atoms with van der Waals surface area (Å²) in [6.07, 6.45) is 1.89. The van der Waals surface area contributed by atoms with E-state index in [1.807, 2.05) is 6.07 Å². The Bertz CT molecular complexity index is 400. The molecule has 1 saturated heterocycles. The Balaban J connectivity index is 2.07. The molecule has 0 spiro atoms. The van der Waals surface area contributed by atoms with Crippen LogP contribution in [0.3, 0.4) is 0 Å². The van der Waals surface area contributed by atoms with Crippen molar-refractivity contribution in [3.8, 4) is 11.5 Å². The van der Waals surface area contributed by atoms with Gasteiger partial charge in [-0.25, -0.2) is 0 Å². The van der Waals surface area contributed by atoms with Gasteiger partial charge in [0, 0.05) is 12.8 Å². The number of carbonyl (C=O) groups is 1. The first-order chi connectivity index (χ1) is 7.69. The highest BCUT2D eigenvalue weighted by Crippen LogP contribution is 2.28. The Kier molecular flexibility index (Phi) is 2.99. The van der Waals surface area contributed by atoms with Gasteiger partial charge in [0.15, 0.2) is 11.5 Å². The molecule has 86 valence electrons. The molecule has 1 fully saturated rings. The second kappa shape index (κ2) is 4.43. The lowest BCUT2D eigenvalue weighted by Gasteiger charge is -2.10. The summed E-state index contributed by atoms with van der Waals surface area (Å²) < 4.78 is 10.1. The minimum Gasteiger partial charge on any atom is -0.504 e. The van der Waals surface area contributed by atoms with Crippen LogP contribution in [0, 0.1) is 0 Å². The van der Waals surface area contributed by atoms with Gasteiger partial charge in [-0.05, 0) is 24.1 Å². The van der Waals surface area contributed by atoms with Gasteiger partial charge in [0.25, 0.3) is 0 Å². The first-order valence-electron chi connectivity index (χ1n) is 5.24. The molecule has 4 nitrogen and oxygen atoms in total. The third kappa shape index (κ3) is 2.27. The molecular formula is C12H14O4. The zero-order valence-electron chi connectivity index (χ0n) is 9.10. The molecule has 16 heavy (non-hydrogen) atoms. The first-order valence-corrected chi connectivity index (χ1v) is 5.24. The number of phenolic OH excluding ortho intramolecular Hbond substituents is 1. The molecule has 1 aromatic rings. The molecule has 2 rings (SSSR count). The van der Waals surface area contributed by atoms with Gasteiger partial charge in [0.2, 0.25) is 0 Å². The van der Waals surface area contributed by atoms with Gasteiger partial charge < -0.3 is 14.6 Å². The van der Waals surface area contributed by atoms with Crippen LogP contribution in [0.4, 0.5) is 0 Å². The van der Waals surface area contributed by atoms with Gasteiger partial charge >= 0.3 is 5.97 Å². The minimum atomic E-state index is -0.129. The van der Waals surface area contributed by atoms with E-state index >= 15 is 0 Å². The van der Waals surface area contributed by atoms with E-state index in [4.69, 9.17) is 9.47 Å². The molecule has 1 heterocycles. The van der Waals surface area contributed by atoms with Crippen LogP contribution in [-0.2, 0) is 16.0 Å². The average Bonchev–Trinajstić information content (AvgIpc) is 2.67. The summed E-state index contributed by atoms with van der Waals surface area (Å²) in [4.78, 5) is 10.9. The van der Waals surface area contributed by atoms with Crippen LogP contribution in [0.5, 0.6) is 11.5 Å². The number of rotatable bonds is 3. The molecule has 1 atom stereocenters. The Morgan fingerprint density at radius 3 is 3.00 bits per heavy atom. The average molecular weight is 222 g/mol. The monoisotopic (exact) mass is 222 g/mol. The number of benzene rings is 1. The highest BCUT2D eigenvalue weighted by Gasteiger charge is 2.23. The number of methoxy groups -OCH3 is 1. The van der Waals surface area contributed by atoms with Crippen molar-refractivity contribution < 1.29 is 19.4 Å². The Labute approximate surface area is 93.8 Å². The molecule has 0 saturated carbocycles. The summed E-state index contributed by atoms with van der Waals surface area (Å²) in [5.41, 5.74) is 0.995. The maximum absolute atomic E-state index is 10.9. The van der Waals surface area contributed by atoms with Crippen molar-refractivity contribution in [2.24, 2.45) is 0 Å². The van der Waals surface area contributed by atoms with E-state index in [-0.39, 0.29) is 17.8 Å². The van der Waals surface area contributed by atoms with Gasteiger partial charge in [0.05, 0.1) is 7.11 Å². The zero-order chi connectivity index (χ0) is 11.5. The minimum absolute atomic E-state index is 0.0400. The lowest BCUT2D eigenvalue weighted by atomic mass is 10.1. The number of aromatic hydroxyl groups is 1. The van der Waals surface area contributed by atoms with Crippen LogP contribution in [0.15, 0.2) is 18.2 Å². The largest absolute Gasteiger partial charge is 0.504 e. The third-order valence-corrected chi connectivity index (χ3v) is 2.68. The number of esters is 1. The van der Waals surface area contributed by atoms with E-state index in [2.05, 4.69) is 0 Å². The predicted molar refractivity (Wildman–Crippen MR) is 57.5 cm³/mol. The number of hydrogen-bond acceptors (Lipinski definition) is 4. The maximum Gasteiger partial charge on any atom is 0.306 e. The fourth-order valence-corrected chi connectivity index (χ4v) is 1.84. The Morgan fingerprint density at radius 2 is 2.38 bits per heavy atom. The molecule has 4 heteroatoms. The Morgan fingerprint density at radius 1 is 1.56 bits per heavy atom. The summed E-state index contributed by atoms with van der Waals surface area (Å²) in [6, 6.07) is 5.16. The smallest absolute Gasteiger partial charge is 0.306 e. The summed E-state index contributed by atoms with van der Waals surface area (Å²) >= 11 is 0. The molecule has 0 radical (unpaired) electrons. The van der Waals surface area contributed by atoms with Crippen LogP contribution in [0.2, 0.25) is 0 Å². The molecule has 0 aliphatic carbocycles. The van der Waals surface area contributed by atoms with Gasteiger partial charge in [0.1, 0.15) is 6.10 Å². The van der Waals surface area contributed by atoms with Gasteiger partial charge in [-0.15, -0.1) is 0 Å². The van der Waals surface area contributed by atoms with E-state index in [0.717, 1.165) is 12.0 Å². The van der Waals surface area contributed by atoms with Gasteiger partial charge in [-0.2, -0.15) is 0 Å². The topological polar surface area (TPSA) is 55.8 Å². The highest BCUT2D eigenvalue weighted by molar-refractivity contribution is 5.71. The van der Waals surface area contributed by atoms with E-state index in [9.17, 15) is 9.90 Å². The maximum atomic E-state index is 10.9. The van der Waals surface area contributed by atoms with Crippen molar-refractivity contribution in [1.82, 2.24) is 0 Å². The van der Waals surface area contributed by atoms with Crippen molar-refractivity contribution in [2.75, 3.05) is 7.11 Å². The van der Waals surface area contributed by atoms with Crippen LogP contribution in [-0.4, -0.2) is 24.3 Å². The lowest BCUT2D eigenvalue weighted by molar-refractivity contribution is -0.141. The quantitative estimate of drug-likeness (QED) is 0.790. The summed E-state index contributed by atoms with van der Waals surface area (Å²) in [5, 5.41) is 9.43. The molecule has 1 aliphatic heterocycles. The van der Waals surface area contributed by atoms with Crippen LogP contribution in [0.1, 0.15) is 18.4 Å². The van der Waals surface area contributed by atoms with E-state index in [1.165, 1.54) is 7.11 Å². The SMILES string of the molecule is COc1cc(CC2CCC(=O)O2)ccc1O. The normalized spacial score (nSPS) is 19.6. The number of cyclic esters (lactones) is 1. The van der Waals surface area contributed by atoms with Crippen LogP contribution < -0.4 is 4.74 Å². The predicted octanol–water partition coefficient (Wildman–Crippen LogP) is 1.65. The van der Waals surface area contributed by atoms with Crippen molar-refractivity contribution in [2.45, 2.75) is 25.4 Å². The molecule has 0 amide bonds. The molecule has 0 aromatic heterocycles. The molecule has 1 N–H and O–H groups in total. The van der Waals surface area contributed by atoms with Crippen molar-refractivity contribution >= 4 is 5.97 Å². The fourth-order valence-electron chi connectivity index (χ4n) is 1.84. The van der Waals surface area contributed by atoms with Crippen molar-refractivity contribution in [3.05, 3.63) is 23.8 Å². The van der Waals surface area contributed by atoms with E-state index in [0.29, 0.717) is 18.6 Å². The molecule has 0 bridgehead atoms. The standard InChI is InChI=1S/C12H14O4/c1-15-11-7-8(2-4-10(11)13)6-9-3-5-12(14)16-9/h2,4,7,9,13H,3,5-6H2,1H3.